The fourth-order valence-electron chi connectivity index (χ4n) is 2.33. The lowest BCUT2D eigenvalue weighted by molar-refractivity contribution is 0.258. The molecule has 0 amide bonds. The van der Waals surface area contributed by atoms with Gasteiger partial charge in [-0.25, -0.2) is 0 Å². The molecule has 0 fully saturated rings. The quantitative estimate of drug-likeness (QED) is 0.719. The van der Waals surface area contributed by atoms with Crippen LogP contribution < -0.4 is 0 Å². The van der Waals surface area contributed by atoms with E-state index in [1.54, 1.807) is 0 Å². The van der Waals surface area contributed by atoms with Gasteiger partial charge in [0.15, 0.2) is 0 Å². The molecule has 2 nitrogen and oxygen atoms in total. The Labute approximate surface area is 98.0 Å². The van der Waals surface area contributed by atoms with Crippen LogP contribution in [0.1, 0.15) is 24.8 Å². The molecule has 86 valence electrons. The maximum Gasteiger partial charge on any atom is 0.0271 e. The van der Waals surface area contributed by atoms with E-state index in [1.807, 2.05) is 12.4 Å². The van der Waals surface area contributed by atoms with Gasteiger partial charge in [-0.2, -0.15) is 0 Å². The Morgan fingerprint density at radius 3 is 2.81 bits per heavy atom. The van der Waals surface area contributed by atoms with Crippen LogP contribution in [0.3, 0.4) is 0 Å². The number of hydrogen-bond acceptors (Lipinski definition) is 2. The van der Waals surface area contributed by atoms with E-state index in [0.717, 1.165) is 12.5 Å². The van der Waals surface area contributed by atoms with Crippen molar-refractivity contribution in [3.8, 4) is 0 Å². The fraction of sp³-hybridized carbons (Fsp3) is 0.500. The van der Waals surface area contributed by atoms with Crippen molar-refractivity contribution in [2.75, 3.05) is 13.6 Å². The molecule has 0 spiro atoms. The minimum atomic E-state index is 0.844. The Morgan fingerprint density at radius 2 is 2.12 bits per heavy atom. The summed E-state index contributed by atoms with van der Waals surface area (Å²) in [5.74, 6) is 0.844. The molecule has 1 aromatic rings. The minimum absolute atomic E-state index is 0.844. The highest BCUT2D eigenvalue weighted by Gasteiger charge is 2.12. The molecule has 2 rings (SSSR count). The van der Waals surface area contributed by atoms with Crippen LogP contribution in [0.25, 0.3) is 0 Å². The highest BCUT2D eigenvalue weighted by Crippen LogP contribution is 2.19. The molecule has 0 aromatic carbocycles. The van der Waals surface area contributed by atoms with Gasteiger partial charge in [-0.3, -0.25) is 4.98 Å². The van der Waals surface area contributed by atoms with Crippen LogP contribution in [0.5, 0.6) is 0 Å². The topological polar surface area (TPSA) is 16.1 Å². The smallest absolute Gasteiger partial charge is 0.0271 e. The maximum atomic E-state index is 4.04. The van der Waals surface area contributed by atoms with Crippen molar-refractivity contribution in [3.05, 3.63) is 42.2 Å². The van der Waals surface area contributed by atoms with Gasteiger partial charge in [-0.1, -0.05) is 12.2 Å². The first-order valence-corrected chi connectivity index (χ1v) is 6.07. The van der Waals surface area contributed by atoms with Crippen LogP contribution in [0.4, 0.5) is 0 Å². The first-order valence-electron chi connectivity index (χ1n) is 6.07. The molecule has 0 radical (unpaired) electrons. The molecule has 2 heteroatoms. The zero-order valence-electron chi connectivity index (χ0n) is 9.97. The summed E-state index contributed by atoms with van der Waals surface area (Å²) in [7, 11) is 2.21. The number of nitrogens with zero attached hydrogens (tertiary/aromatic N) is 2. The number of allylic oxidation sites excluding steroid dienone is 2. The van der Waals surface area contributed by atoms with Crippen LogP contribution in [0, 0.1) is 5.92 Å². The molecule has 1 aliphatic rings. The maximum absolute atomic E-state index is 4.04. The lowest BCUT2D eigenvalue weighted by atomic mass is 9.94. The van der Waals surface area contributed by atoms with E-state index in [0.29, 0.717) is 0 Å². The van der Waals surface area contributed by atoms with Crippen molar-refractivity contribution in [3.63, 3.8) is 0 Å². The summed E-state index contributed by atoms with van der Waals surface area (Å²) in [6, 6.07) is 4.19. The summed E-state index contributed by atoms with van der Waals surface area (Å²) in [4.78, 5) is 6.46. The van der Waals surface area contributed by atoms with Crippen molar-refractivity contribution in [1.29, 1.82) is 0 Å². The van der Waals surface area contributed by atoms with Crippen LogP contribution in [-0.2, 0) is 6.54 Å². The highest BCUT2D eigenvalue weighted by atomic mass is 15.1. The zero-order chi connectivity index (χ0) is 11.2. The van der Waals surface area contributed by atoms with E-state index < -0.39 is 0 Å². The normalized spacial score (nSPS) is 20.2. The van der Waals surface area contributed by atoms with E-state index in [4.69, 9.17) is 0 Å². The average molecular weight is 216 g/mol. The largest absolute Gasteiger partial charge is 0.302 e. The lowest BCUT2D eigenvalue weighted by Gasteiger charge is -2.24. The van der Waals surface area contributed by atoms with E-state index >= 15 is 0 Å². The molecule has 0 saturated carbocycles. The van der Waals surface area contributed by atoms with E-state index in [9.17, 15) is 0 Å². The molecule has 1 aliphatic carbocycles. The number of aromatic nitrogens is 1. The Bertz CT molecular complexity index is 332. The van der Waals surface area contributed by atoms with Gasteiger partial charge in [0.1, 0.15) is 0 Å². The Morgan fingerprint density at radius 1 is 1.31 bits per heavy atom. The van der Waals surface area contributed by atoms with Crippen molar-refractivity contribution < 1.29 is 0 Å². The predicted octanol–water partition coefficient (Wildman–Crippen LogP) is 2.87. The molecule has 0 unspecified atom stereocenters. The molecule has 0 N–H and O–H groups in total. The summed E-state index contributed by atoms with van der Waals surface area (Å²) in [6.07, 6.45) is 12.2. The molecule has 1 heterocycles. The van der Waals surface area contributed by atoms with Gasteiger partial charge in [-0.15, -0.1) is 0 Å². The van der Waals surface area contributed by atoms with E-state index in [1.165, 1.54) is 31.4 Å². The van der Waals surface area contributed by atoms with E-state index in [-0.39, 0.29) is 0 Å². The molecule has 1 aromatic heterocycles. The Balaban J connectivity index is 1.80. The molecular weight excluding hydrogens is 196 g/mol. The first kappa shape index (κ1) is 11.3. The predicted molar refractivity (Wildman–Crippen MR) is 67.1 cm³/mol. The number of rotatable bonds is 4. The Kier molecular flexibility index (Phi) is 4.11. The zero-order valence-corrected chi connectivity index (χ0v) is 9.97. The van der Waals surface area contributed by atoms with Gasteiger partial charge in [0.05, 0.1) is 0 Å². The van der Waals surface area contributed by atoms with Gasteiger partial charge in [0.25, 0.3) is 0 Å². The van der Waals surface area contributed by atoms with Gasteiger partial charge in [-0.05, 0) is 49.9 Å². The summed E-state index contributed by atoms with van der Waals surface area (Å²) < 4.78 is 0. The van der Waals surface area contributed by atoms with Gasteiger partial charge >= 0.3 is 0 Å². The van der Waals surface area contributed by atoms with Gasteiger partial charge in [0.2, 0.25) is 0 Å². The van der Waals surface area contributed by atoms with Crippen molar-refractivity contribution in [2.45, 2.75) is 25.8 Å². The Hall–Kier alpha value is -1.15. The lowest BCUT2D eigenvalue weighted by Crippen LogP contribution is -2.25. The van der Waals surface area contributed by atoms with Gasteiger partial charge < -0.3 is 4.90 Å². The first-order chi connectivity index (χ1) is 7.84. The van der Waals surface area contributed by atoms with Crippen LogP contribution in [0.15, 0.2) is 36.7 Å². The molecular formula is C14H20N2. The third kappa shape index (κ3) is 3.46. The van der Waals surface area contributed by atoms with Crippen molar-refractivity contribution in [2.24, 2.45) is 5.92 Å². The van der Waals surface area contributed by atoms with Crippen LogP contribution in [0.2, 0.25) is 0 Å². The van der Waals surface area contributed by atoms with Crippen LogP contribution >= 0.6 is 0 Å². The summed E-state index contributed by atoms with van der Waals surface area (Å²) in [5, 5.41) is 0. The number of pyridine rings is 1. The second-order valence-electron chi connectivity index (χ2n) is 4.70. The van der Waals surface area contributed by atoms with Gasteiger partial charge in [0, 0.05) is 25.5 Å². The third-order valence-electron chi connectivity index (χ3n) is 3.15. The van der Waals surface area contributed by atoms with Crippen molar-refractivity contribution >= 4 is 0 Å². The molecule has 0 saturated heterocycles. The second kappa shape index (κ2) is 5.80. The SMILES string of the molecule is CN(Cc1ccncc1)C[C@H]1CC=CCC1. The molecule has 1 atom stereocenters. The highest BCUT2D eigenvalue weighted by molar-refractivity contribution is 5.09. The molecule has 0 bridgehead atoms. The summed E-state index contributed by atoms with van der Waals surface area (Å²) in [6.45, 7) is 2.23. The summed E-state index contributed by atoms with van der Waals surface area (Å²) >= 11 is 0. The van der Waals surface area contributed by atoms with E-state index in [2.05, 4.69) is 41.2 Å². The third-order valence-corrected chi connectivity index (χ3v) is 3.15. The molecule has 16 heavy (non-hydrogen) atoms. The standard InChI is InChI=1S/C14H20N2/c1-16(11-13-5-3-2-4-6-13)12-14-7-9-15-10-8-14/h2-3,7-10,13H,4-6,11-12H2,1H3/t13-/m0/s1. The monoisotopic (exact) mass is 216 g/mol. The fourth-order valence-corrected chi connectivity index (χ4v) is 2.33. The number of hydrogen-bond donors (Lipinski definition) is 0. The average Bonchev–Trinajstić information content (AvgIpc) is 2.31. The minimum Gasteiger partial charge on any atom is -0.302 e. The second-order valence-corrected chi connectivity index (χ2v) is 4.70. The van der Waals surface area contributed by atoms with Crippen LogP contribution in [-0.4, -0.2) is 23.5 Å². The van der Waals surface area contributed by atoms with Crippen molar-refractivity contribution in [1.82, 2.24) is 9.88 Å². The summed E-state index contributed by atoms with van der Waals surface area (Å²) in [5.41, 5.74) is 1.35. The molecule has 0 aliphatic heterocycles.